The van der Waals surface area contributed by atoms with Crippen LogP contribution in [0.5, 0.6) is 0 Å². The topological polar surface area (TPSA) is 55.4 Å². The van der Waals surface area contributed by atoms with Gasteiger partial charge in [-0.2, -0.15) is 0 Å². The van der Waals surface area contributed by atoms with Crippen molar-refractivity contribution in [2.24, 2.45) is 0 Å². The van der Waals surface area contributed by atoms with Crippen LogP contribution < -0.4 is 5.32 Å². The maximum atomic E-state index is 11.8. The van der Waals surface area contributed by atoms with E-state index < -0.39 is 9.84 Å². The van der Waals surface area contributed by atoms with Crippen molar-refractivity contribution >= 4 is 9.84 Å². The lowest BCUT2D eigenvalue weighted by Gasteiger charge is -2.30. The highest BCUT2D eigenvalue weighted by molar-refractivity contribution is 7.92. The van der Waals surface area contributed by atoms with Gasteiger partial charge in [0.05, 0.1) is 17.6 Å². The fourth-order valence-electron chi connectivity index (χ4n) is 1.83. The molecule has 1 N–H and O–H groups in total. The number of hydrogen-bond donors (Lipinski definition) is 1. The maximum absolute atomic E-state index is 11.8. The van der Waals surface area contributed by atoms with E-state index in [4.69, 9.17) is 4.74 Å². The Balaban J connectivity index is 2.72. The summed E-state index contributed by atoms with van der Waals surface area (Å²) < 4.78 is 28.9. The van der Waals surface area contributed by atoms with Gasteiger partial charge in [0.15, 0.2) is 9.84 Å². The van der Waals surface area contributed by atoms with Gasteiger partial charge < -0.3 is 10.1 Å². The van der Waals surface area contributed by atoms with Crippen LogP contribution in [0.3, 0.4) is 0 Å². The average molecular weight is 221 g/mol. The fourth-order valence-corrected chi connectivity index (χ4v) is 3.78. The molecule has 0 amide bonds. The molecule has 0 spiro atoms. The predicted molar refractivity (Wildman–Crippen MR) is 56.1 cm³/mol. The fraction of sp³-hybridized carbons (Fsp3) is 1.00. The lowest BCUT2D eigenvalue weighted by Crippen LogP contribution is -2.49. The third kappa shape index (κ3) is 2.68. The molecule has 1 fully saturated rings. The summed E-state index contributed by atoms with van der Waals surface area (Å²) in [6.45, 7) is 2.88. The Morgan fingerprint density at radius 3 is 2.79 bits per heavy atom. The molecule has 0 bridgehead atoms. The first-order valence-electron chi connectivity index (χ1n) is 5.08. The minimum absolute atomic E-state index is 0.0558. The van der Waals surface area contributed by atoms with Crippen LogP contribution in [0, 0.1) is 0 Å². The largest absolute Gasteiger partial charge is 0.380 e. The molecule has 1 rings (SSSR count). The van der Waals surface area contributed by atoms with Crippen molar-refractivity contribution in [2.75, 3.05) is 26.0 Å². The van der Waals surface area contributed by atoms with Crippen LogP contribution in [0.2, 0.25) is 0 Å². The second kappa shape index (κ2) is 5.09. The van der Waals surface area contributed by atoms with Gasteiger partial charge in [-0.15, -0.1) is 0 Å². The molecule has 1 saturated heterocycles. The monoisotopic (exact) mass is 221 g/mol. The second-order valence-corrected chi connectivity index (χ2v) is 6.00. The quantitative estimate of drug-likeness (QED) is 0.736. The third-order valence-electron chi connectivity index (χ3n) is 2.62. The van der Waals surface area contributed by atoms with E-state index in [0.29, 0.717) is 19.6 Å². The molecule has 0 aromatic heterocycles. The molecule has 1 heterocycles. The minimum atomic E-state index is -2.98. The summed E-state index contributed by atoms with van der Waals surface area (Å²) in [7, 11) is -1.17. The van der Waals surface area contributed by atoms with Crippen molar-refractivity contribution in [3.63, 3.8) is 0 Å². The Morgan fingerprint density at radius 2 is 2.21 bits per heavy atom. The van der Waals surface area contributed by atoms with Gasteiger partial charge in [0.1, 0.15) is 0 Å². The number of nitrogens with one attached hydrogen (secondary N) is 1. The van der Waals surface area contributed by atoms with Gasteiger partial charge in [-0.25, -0.2) is 8.42 Å². The van der Waals surface area contributed by atoms with Gasteiger partial charge in [0.25, 0.3) is 0 Å². The van der Waals surface area contributed by atoms with Crippen molar-refractivity contribution < 1.29 is 13.2 Å². The summed E-state index contributed by atoms with van der Waals surface area (Å²) in [5, 5.41) is 2.70. The lowest BCUT2D eigenvalue weighted by atomic mass is 10.1. The first-order valence-corrected chi connectivity index (χ1v) is 6.80. The van der Waals surface area contributed by atoms with Gasteiger partial charge in [0, 0.05) is 12.6 Å². The second-order valence-electron chi connectivity index (χ2n) is 3.66. The molecule has 14 heavy (non-hydrogen) atoms. The Kier molecular flexibility index (Phi) is 4.34. The van der Waals surface area contributed by atoms with Crippen LogP contribution in [0.15, 0.2) is 0 Å². The molecule has 2 unspecified atom stereocenters. The van der Waals surface area contributed by atoms with Crippen LogP contribution in [0.1, 0.15) is 19.8 Å². The Hall–Kier alpha value is -0.130. The molecule has 1 aliphatic rings. The van der Waals surface area contributed by atoms with Crippen LogP contribution in [-0.2, 0) is 14.6 Å². The van der Waals surface area contributed by atoms with Crippen LogP contribution >= 0.6 is 0 Å². The van der Waals surface area contributed by atoms with E-state index in [1.54, 1.807) is 0 Å². The summed E-state index contributed by atoms with van der Waals surface area (Å²) in [6.07, 6.45) is 1.46. The van der Waals surface area contributed by atoms with Crippen LogP contribution in [0.4, 0.5) is 0 Å². The number of rotatable bonds is 4. The predicted octanol–water partition coefficient (Wildman–Crippen LogP) is 0.188. The summed E-state index contributed by atoms with van der Waals surface area (Å²) in [4.78, 5) is 0. The maximum Gasteiger partial charge on any atom is 0.156 e. The summed E-state index contributed by atoms with van der Waals surface area (Å²) >= 11 is 0. The number of sulfone groups is 1. The van der Waals surface area contributed by atoms with Crippen molar-refractivity contribution in [3.8, 4) is 0 Å². The standard InChI is InChI=1S/C9H19NO3S/c1-3-6-14(11,12)9-7-13-5-4-8(9)10-2/h8-10H,3-7H2,1-2H3. The first kappa shape index (κ1) is 11.9. The normalized spacial score (nSPS) is 29.0. The Labute approximate surface area is 85.9 Å². The van der Waals surface area contributed by atoms with Crippen molar-refractivity contribution in [2.45, 2.75) is 31.1 Å². The average Bonchev–Trinajstić information content (AvgIpc) is 2.18. The van der Waals surface area contributed by atoms with Crippen molar-refractivity contribution in [3.05, 3.63) is 0 Å². The zero-order valence-electron chi connectivity index (χ0n) is 8.82. The third-order valence-corrected chi connectivity index (χ3v) is 4.99. The number of hydrogen-bond acceptors (Lipinski definition) is 4. The molecule has 1 aliphatic heterocycles. The highest BCUT2D eigenvalue weighted by Gasteiger charge is 2.34. The zero-order chi connectivity index (χ0) is 10.6. The van der Waals surface area contributed by atoms with Crippen LogP contribution in [-0.4, -0.2) is 45.7 Å². The van der Waals surface area contributed by atoms with Crippen LogP contribution in [0.25, 0.3) is 0 Å². The van der Waals surface area contributed by atoms with Gasteiger partial charge >= 0.3 is 0 Å². The van der Waals surface area contributed by atoms with Gasteiger partial charge in [-0.05, 0) is 19.9 Å². The molecule has 4 nitrogen and oxygen atoms in total. The van der Waals surface area contributed by atoms with E-state index in [1.165, 1.54) is 0 Å². The smallest absolute Gasteiger partial charge is 0.156 e. The molecule has 0 saturated carbocycles. The summed E-state index contributed by atoms with van der Waals surface area (Å²) in [5.74, 6) is 0.263. The summed E-state index contributed by atoms with van der Waals surface area (Å²) in [5.41, 5.74) is 0. The van der Waals surface area contributed by atoms with E-state index in [1.807, 2.05) is 14.0 Å². The molecule has 5 heteroatoms. The molecule has 0 aromatic carbocycles. The zero-order valence-corrected chi connectivity index (χ0v) is 9.64. The first-order chi connectivity index (χ1) is 6.61. The van der Waals surface area contributed by atoms with Gasteiger partial charge in [0.2, 0.25) is 0 Å². The van der Waals surface area contributed by atoms with Gasteiger partial charge in [-0.1, -0.05) is 6.92 Å². The molecular formula is C9H19NO3S. The molecule has 0 aliphatic carbocycles. The Bertz CT molecular complexity index is 263. The van der Waals surface area contributed by atoms with E-state index in [2.05, 4.69) is 5.32 Å². The van der Waals surface area contributed by atoms with Gasteiger partial charge in [-0.3, -0.25) is 0 Å². The van der Waals surface area contributed by atoms with Crippen molar-refractivity contribution in [1.82, 2.24) is 5.32 Å². The highest BCUT2D eigenvalue weighted by atomic mass is 32.2. The SMILES string of the molecule is CCCS(=O)(=O)C1COCCC1NC. The van der Waals surface area contributed by atoms with E-state index in [9.17, 15) is 8.42 Å². The lowest BCUT2D eigenvalue weighted by molar-refractivity contribution is 0.0826. The number of ether oxygens (including phenoxy) is 1. The molecular weight excluding hydrogens is 202 g/mol. The minimum Gasteiger partial charge on any atom is -0.380 e. The molecule has 0 radical (unpaired) electrons. The molecule has 84 valence electrons. The Morgan fingerprint density at radius 1 is 1.50 bits per heavy atom. The van der Waals surface area contributed by atoms with Crippen molar-refractivity contribution in [1.29, 1.82) is 0 Å². The summed E-state index contributed by atoms with van der Waals surface area (Å²) in [6, 6.07) is 0.0558. The molecule has 2 atom stereocenters. The van der Waals surface area contributed by atoms with E-state index in [0.717, 1.165) is 6.42 Å². The van der Waals surface area contributed by atoms with E-state index in [-0.39, 0.29) is 17.0 Å². The van der Waals surface area contributed by atoms with E-state index >= 15 is 0 Å². The molecule has 0 aromatic rings. The highest BCUT2D eigenvalue weighted by Crippen LogP contribution is 2.16.